The molecule has 1 aromatic rings. The minimum Gasteiger partial charge on any atom is -0.490 e. The van der Waals surface area contributed by atoms with E-state index in [-0.39, 0.29) is 5.91 Å². The van der Waals surface area contributed by atoms with Crippen molar-refractivity contribution in [3.8, 4) is 11.5 Å². The molecule has 5 nitrogen and oxygen atoms in total. The lowest BCUT2D eigenvalue weighted by Gasteiger charge is -2.27. The van der Waals surface area contributed by atoms with E-state index in [4.69, 9.17) is 9.47 Å². The van der Waals surface area contributed by atoms with E-state index in [1.807, 2.05) is 13.8 Å². The van der Waals surface area contributed by atoms with Gasteiger partial charge in [0.05, 0.1) is 38.4 Å². The second-order valence-electron chi connectivity index (χ2n) is 6.42. The van der Waals surface area contributed by atoms with Gasteiger partial charge in [0.2, 0.25) is 0 Å². The van der Waals surface area contributed by atoms with Crippen LogP contribution in [0.3, 0.4) is 0 Å². The normalized spacial score (nSPS) is 11.2. The lowest BCUT2D eigenvalue weighted by atomic mass is 10.2. The Labute approximate surface area is 146 Å². The molecule has 0 heterocycles. The van der Waals surface area contributed by atoms with Gasteiger partial charge >= 0.3 is 0 Å². The van der Waals surface area contributed by atoms with Crippen LogP contribution in [0.1, 0.15) is 51.9 Å². The Bertz CT molecular complexity index is 507. The van der Waals surface area contributed by atoms with Gasteiger partial charge in [-0.25, -0.2) is 0 Å². The molecule has 24 heavy (non-hydrogen) atoms. The van der Waals surface area contributed by atoms with Crippen molar-refractivity contribution in [2.45, 2.75) is 53.6 Å². The fourth-order valence-corrected chi connectivity index (χ4v) is 2.86. The van der Waals surface area contributed by atoms with Crippen LogP contribution in [0.2, 0.25) is 0 Å². The second-order valence-corrected chi connectivity index (χ2v) is 6.42. The number of carbonyl (C=O) groups excluding carboxylic acids is 1. The fourth-order valence-electron chi connectivity index (χ4n) is 2.86. The highest BCUT2D eigenvalue weighted by Crippen LogP contribution is 2.28. The zero-order valence-corrected chi connectivity index (χ0v) is 15.9. The molecular weight excluding hydrogens is 304 g/mol. The quantitative estimate of drug-likeness (QED) is 0.686. The van der Waals surface area contributed by atoms with Crippen molar-refractivity contribution in [3.63, 3.8) is 0 Å². The third kappa shape index (κ3) is 6.04. The summed E-state index contributed by atoms with van der Waals surface area (Å²) in [6.45, 7) is 15.3. The lowest BCUT2D eigenvalue weighted by molar-refractivity contribution is -0.941. The van der Waals surface area contributed by atoms with Crippen molar-refractivity contribution in [3.05, 3.63) is 23.8 Å². The highest BCUT2D eigenvalue weighted by Gasteiger charge is 2.17. The average molecular weight is 337 g/mol. The summed E-state index contributed by atoms with van der Waals surface area (Å²) in [7, 11) is 0. The van der Waals surface area contributed by atoms with Gasteiger partial charge in [-0.15, -0.1) is 0 Å². The number of rotatable bonds is 10. The van der Waals surface area contributed by atoms with Gasteiger partial charge in [-0.2, -0.15) is 0 Å². The number of hydrogen-bond acceptors (Lipinski definition) is 3. The zero-order chi connectivity index (χ0) is 18.1. The Hall–Kier alpha value is -1.75. The van der Waals surface area contributed by atoms with E-state index in [0.29, 0.717) is 48.9 Å². The molecule has 0 aromatic heterocycles. The van der Waals surface area contributed by atoms with Gasteiger partial charge < -0.3 is 19.7 Å². The number of benzene rings is 1. The number of nitrogens with one attached hydrogen (secondary N) is 2. The highest BCUT2D eigenvalue weighted by molar-refractivity contribution is 5.94. The maximum Gasteiger partial charge on any atom is 0.251 e. The van der Waals surface area contributed by atoms with E-state index >= 15 is 0 Å². The van der Waals surface area contributed by atoms with Crippen molar-refractivity contribution >= 4 is 5.91 Å². The highest BCUT2D eigenvalue weighted by atomic mass is 16.5. The summed E-state index contributed by atoms with van der Waals surface area (Å²) < 4.78 is 11.1. The topological polar surface area (TPSA) is 52.0 Å². The van der Waals surface area contributed by atoms with Gasteiger partial charge in [0, 0.05) is 5.56 Å². The maximum atomic E-state index is 12.4. The van der Waals surface area contributed by atoms with Crippen molar-refractivity contribution in [2.24, 2.45) is 0 Å². The summed E-state index contributed by atoms with van der Waals surface area (Å²) in [5.41, 5.74) is 0.595. The largest absolute Gasteiger partial charge is 0.490 e. The summed E-state index contributed by atoms with van der Waals surface area (Å²) in [5, 5.41) is 3.00. The van der Waals surface area contributed by atoms with Crippen LogP contribution in [0.4, 0.5) is 0 Å². The smallest absolute Gasteiger partial charge is 0.251 e. The molecule has 0 saturated carbocycles. The van der Waals surface area contributed by atoms with E-state index in [1.54, 1.807) is 18.2 Å². The third-order valence-corrected chi connectivity index (χ3v) is 3.99. The van der Waals surface area contributed by atoms with Crippen molar-refractivity contribution < 1.29 is 19.2 Å². The minimum atomic E-state index is -0.0779. The number of ether oxygens (including phenoxy) is 2. The average Bonchev–Trinajstić information content (AvgIpc) is 2.52. The van der Waals surface area contributed by atoms with E-state index in [2.05, 4.69) is 33.0 Å². The van der Waals surface area contributed by atoms with Crippen LogP contribution < -0.4 is 19.7 Å². The van der Waals surface area contributed by atoms with Gasteiger partial charge in [0.1, 0.15) is 0 Å². The Morgan fingerprint density at radius 3 is 2.17 bits per heavy atom. The molecule has 0 aliphatic carbocycles. The molecule has 0 aliphatic rings. The number of quaternary nitrogens is 1. The molecule has 0 bridgehead atoms. The predicted molar refractivity (Wildman–Crippen MR) is 97.2 cm³/mol. The van der Waals surface area contributed by atoms with Gasteiger partial charge in [-0.3, -0.25) is 4.79 Å². The SMILES string of the molecule is CCOc1ccc(C(=O)NCC[NH+](C(C)C)C(C)C)cc1OCC. The molecule has 1 rings (SSSR count). The van der Waals surface area contributed by atoms with Crippen LogP contribution in [0.25, 0.3) is 0 Å². The lowest BCUT2D eigenvalue weighted by Crippen LogP contribution is -3.18. The number of carbonyl (C=O) groups is 1. The van der Waals surface area contributed by atoms with Crippen molar-refractivity contribution in [1.29, 1.82) is 0 Å². The van der Waals surface area contributed by atoms with Crippen LogP contribution in [-0.4, -0.2) is 44.3 Å². The van der Waals surface area contributed by atoms with Gasteiger partial charge in [0.25, 0.3) is 5.91 Å². The monoisotopic (exact) mass is 337 g/mol. The Morgan fingerprint density at radius 2 is 1.62 bits per heavy atom. The first kappa shape index (κ1) is 20.3. The van der Waals surface area contributed by atoms with Crippen LogP contribution >= 0.6 is 0 Å². The van der Waals surface area contributed by atoms with E-state index < -0.39 is 0 Å². The van der Waals surface area contributed by atoms with Crippen molar-refractivity contribution in [2.75, 3.05) is 26.3 Å². The van der Waals surface area contributed by atoms with Crippen LogP contribution in [0, 0.1) is 0 Å². The Morgan fingerprint density at radius 1 is 1.04 bits per heavy atom. The second kappa shape index (κ2) is 10.2. The molecule has 0 radical (unpaired) electrons. The zero-order valence-electron chi connectivity index (χ0n) is 15.9. The third-order valence-electron chi connectivity index (χ3n) is 3.99. The Kier molecular flexibility index (Phi) is 8.61. The number of hydrogen-bond donors (Lipinski definition) is 2. The van der Waals surface area contributed by atoms with Gasteiger partial charge in [-0.1, -0.05) is 0 Å². The first-order chi connectivity index (χ1) is 11.4. The molecule has 0 aliphatic heterocycles. The van der Waals surface area contributed by atoms with Crippen molar-refractivity contribution in [1.82, 2.24) is 5.32 Å². The summed E-state index contributed by atoms with van der Waals surface area (Å²) >= 11 is 0. The van der Waals surface area contributed by atoms with Gasteiger partial charge in [-0.05, 0) is 59.7 Å². The Balaban J connectivity index is 2.69. The molecule has 0 atom stereocenters. The standard InChI is InChI=1S/C19H32N2O3/c1-7-23-17-10-9-16(13-18(17)24-8-2)19(22)20-11-12-21(14(3)4)15(5)6/h9-10,13-15H,7-8,11-12H2,1-6H3,(H,20,22)/p+1. The van der Waals surface area contributed by atoms with Gasteiger partial charge in [0.15, 0.2) is 11.5 Å². The maximum absolute atomic E-state index is 12.4. The van der Waals surface area contributed by atoms with E-state index in [9.17, 15) is 4.79 Å². The predicted octanol–water partition coefficient (Wildman–Crippen LogP) is 1.92. The molecular formula is C19H33N2O3+. The van der Waals surface area contributed by atoms with Crippen LogP contribution in [0.5, 0.6) is 11.5 Å². The minimum absolute atomic E-state index is 0.0779. The van der Waals surface area contributed by atoms with E-state index in [0.717, 1.165) is 6.54 Å². The molecule has 0 unspecified atom stereocenters. The molecule has 0 saturated heterocycles. The molecule has 5 heteroatoms. The molecule has 0 spiro atoms. The summed E-state index contributed by atoms with van der Waals surface area (Å²) in [6, 6.07) is 6.40. The molecule has 0 fully saturated rings. The van der Waals surface area contributed by atoms with Crippen LogP contribution in [-0.2, 0) is 0 Å². The number of amides is 1. The molecule has 136 valence electrons. The first-order valence-electron chi connectivity index (χ1n) is 8.94. The van der Waals surface area contributed by atoms with E-state index in [1.165, 1.54) is 4.90 Å². The first-order valence-corrected chi connectivity index (χ1v) is 8.94. The summed E-state index contributed by atoms with van der Waals surface area (Å²) in [6.07, 6.45) is 0. The molecule has 2 N–H and O–H groups in total. The summed E-state index contributed by atoms with van der Waals surface area (Å²) in [4.78, 5) is 13.9. The van der Waals surface area contributed by atoms with Crippen LogP contribution in [0.15, 0.2) is 18.2 Å². The summed E-state index contributed by atoms with van der Waals surface area (Å²) in [5.74, 6) is 1.21. The molecule has 1 aromatic carbocycles. The fraction of sp³-hybridized carbons (Fsp3) is 0.632. The molecule has 1 amide bonds.